The molecule has 5 nitrogen and oxygen atoms in total. The number of aromatic nitrogens is 1. The molecule has 0 radical (unpaired) electrons. The van der Waals surface area contributed by atoms with Gasteiger partial charge in [0.1, 0.15) is 4.88 Å². The third kappa shape index (κ3) is 3.95. The highest BCUT2D eigenvalue weighted by atomic mass is 32.1. The smallest absolute Gasteiger partial charge is 0.345 e. The molecule has 9 heteroatoms. The molecule has 1 aromatic rings. The van der Waals surface area contributed by atoms with Gasteiger partial charge in [-0.15, -0.1) is 0 Å². The summed E-state index contributed by atoms with van der Waals surface area (Å²) in [4.78, 5) is 21.2. The van der Waals surface area contributed by atoms with E-state index in [-0.39, 0.29) is 5.91 Å². The fraction of sp³-hybridized carbons (Fsp3) is 0.714. The lowest BCUT2D eigenvalue weighted by molar-refractivity contribution is -0.134. The number of hydrogen-bond acceptors (Lipinski definition) is 5. The molecule has 2 fully saturated rings. The zero-order chi connectivity index (χ0) is 16.4. The molecule has 0 unspecified atom stereocenters. The van der Waals surface area contributed by atoms with Gasteiger partial charge in [-0.25, -0.2) is 4.98 Å². The van der Waals surface area contributed by atoms with Gasteiger partial charge in [-0.3, -0.25) is 9.69 Å². The largest absolute Gasteiger partial charge is 0.427 e. The SMILES string of the molecule is O=C(CN1CCCC1)N1CCN(c2ncc(C(F)(F)F)s2)CC1. The number of amides is 1. The highest BCUT2D eigenvalue weighted by molar-refractivity contribution is 7.15. The van der Waals surface area contributed by atoms with Crippen LogP contribution < -0.4 is 4.90 Å². The van der Waals surface area contributed by atoms with Gasteiger partial charge in [0, 0.05) is 26.2 Å². The molecular weight excluding hydrogens is 329 g/mol. The van der Waals surface area contributed by atoms with Crippen LogP contribution in [-0.4, -0.2) is 66.5 Å². The molecule has 3 heterocycles. The van der Waals surface area contributed by atoms with Gasteiger partial charge >= 0.3 is 6.18 Å². The third-order valence-electron chi connectivity index (χ3n) is 4.23. The molecule has 2 aliphatic rings. The van der Waals surface area contributed by atoms with Crippen LogP contribution in [0.5, 0.6) is 0 Å². The fourth-order valence-electron chi connectivity index (χ4n) is 2.92. The highest BCUT2D eigenvalue weighted by Gasteiger charge is 2.34. The summed E-state index contributed by atoms with van der Waals surface area (Å²) in [5.41, 5.74) is 0. The van der Waals surface area contributed by atoms with Gasteiger partial charge in [-0.1, -0.05) is 11.3 Å². The average molecular weight is 348 g/mol. The molecule has 0 aromatic carbocycles. The van der Waals surface area contributed by atoms with Crippen LogP contribution in [0, 0.1) is 0 Å². The summed E-state index contributed by atoms with van der Waals surface area (Å²) in [5, 5.41) is 0.379. The number of hydrogen-bond donors (Lipinski definition) is 0. The van der Waals surface area contributed by atoms with Gasteiger partial charge < -0.3 is 9.80 Å². The molecular formula is C14H19F3N4OS. The Kier molecular flexibility index (Phi) is 4.77. The molecule has 0 spiro atoms. The van der Waals surface area contributed by atoms with Crippen LogP contribution in [-0.2, 0) is 11.0 Å². The van der Waals surface area contributed by atoms with Crippen molar-refractivity contribution in [2.45, 2.75) is 19.0 Å². The molecule has 23 heavy (non-hydrogen) atoms. The van der Waals surface area contributed by atoms with Crippen LogP contribution >= 0.6 is 11.3 Å². The number of thiazole rings is 1. The van der Waals surface area contributed by atoms with E-state index in [9.17, 15) is 18.0 Å². The summed E-state index contributed by atoms with van der Waals surface area (Å²) >= 11 is 0.660. The van der Waals surface area contributed by atoms with E-state index in [1.54, 1.807) is 4.90 Å². The maximum Gasteiger partial charge on any atom is 0.427 e. The molecule has 0 aliphatic carbocycles. The predicted molar refractivity (Wildman–Crippen MR) is 81.6 cm³/mol. The lowest BCUT2D eigenvalue weighted by atomic mass is 10.3. The summed E-state index contributed by atoms with van der Waals surface area (Å²) in [6.45, 7) is 4.53. The second-order valence-electron chi connectivity index (χ2n) is 5.86. The van der Waals surface area contributed by atoms with Crippen LogP contribution in [0.1, 0.15) is 17.7 Å². The van der Waals surface area contributed by atoms with Gasteiger partial charge in [0.15, 0.2) is 5.13 Å². The van der Waals surface area contributed by atoms with Crippen LogP contribution in [0.3, 0.4) is 0 Å². The van der Waals surface area contributed by atoms with Gasteiger partial charge in [-0.05, 0) is 25.9 Å². The summed E-state index contributed by atoms with van der Waals surface area (Å²) in [5.74, 6) is 0.113. The van der Waals surface area contributed by atoms with Crippen LogP contribution in [0.15, 0.2) is 6.20 Å². The van der Waals surface area contributed by atoms with Crippen molar-refractivity contribution in [2.75, 3.05) is 50.7 Å². The molecule has 2 aliphatic heterocycles. The Hall–Kier alpha value is -1.35. The van der Waals surface area contributed by atoms with E-state index >= 15 is 0 Å². The average Bonchev–Trinajstić information content (AvgIpc) is 3.18. The first-order valence-electron chi connectivity index (χ1n) is 7.71. The van der Waals surface area contributed by atoms with Crippen molar-refractivity contribution in [1.82, 2.24) is 14.8 Å². The van der Waals surface area contributed by atoms with Crippen molar-refractivity contribution < 1.29 is 18.0 Å². The van der Waals surface area contributed by atoms with Crippen molar-refractivity contribution >= 4 is 22.4 Å². The summed E-state index contributed by atoms with van der Waals surface area (Å²) in [6, 6.07) is 0. The minimum absolute atomic E-state index is 0.113. The first kappa shape index (κ1) is 16.5. The number of anilines is 1. The lowest BCUT2D eigenvalue weighted by Gasteiger charge is -2.35. The number of halogens is 3. The van der Waals surface area contributed by atoms with E-state index in [0.717, 1.165) is 32.1 Å². The quantitative estimate of drug-likeness (QED) is 0.837. The van der Waals surface area contributed by atoms with Crippen LogP contribution in [0.4, 0.5) is 18.3 Å². The van der Waals surface area contributed by atoms with E-state index in [1.807, 2.05) is 4.90 Å². The molecule has 1 aromatic heterocycles. The van der Waals surface area contributed by atoms with Crippen molar-refractivity contribution in [3.63, 3.8) is 0 Å². The third-order valence-corrected chi connectivity index (χ3v) is 5.34. The van der Waals surface area contributed by atoms with Crippen molar-refractivity contribution in [3.8, 4) is 0 Å². The minimum Gasteiger partial charge on any atom is -0.345 e. The fourth-order valence-corrected chi connectivity index (χ4v) is 3.76. The Morgan fingerprint density at radius 1 is 1.13 bits per heavy atom. The van der Waals surface area contributed by atoms with E-state index < -0.39 is 11.1 Å². The van der Waals surface area contributed by atoms with E-state index in [4.69, 9.17) is 0 Å². The number of piperazine rings is 1. The van der Waals surface area contributed by atoms with Crippen LogP contribution in [0.2, 0.25) is 0 Å². The van der Waals surface area contributed by atoms with Crippen molar-refractivity contribution in [2.24, 2.45) is 0 Å². The van der Waals surface area contributed by atoms with Gasteiger partial charge in [0.25, 0.3) is 0 Å². The van der Waals surface area contributed by atoms with E-state index in [2.05, 4.69) is 9.88 Å². The Morgan fingerprint density at radius 3 is 2.35 bits per heavy atom. The standard InChI is InChI=1S/C14H19F3N4OS/c15-14(16,17)11-9-18-13(23-11)21-7-5-20(6-8-21)12(22)10-19-3-1-2-4-19/h9H,1-8,10H2. The van der Waals surface area contributed by atoms with Crippen molar-refractivity contribution in [1.29, 1.82) is 0 Å². The van der Waals surface area contributed by atoms with E-state index in [0.29, 0.717) is 49.2 Å². The molecule has 3 rings (SSSR count). The maximum absolute atomic E-state index is 12.6. The van der Waals surface area contributed by atoms with Crippen LogP contribution in [0.25, 0.3) is 0 Å². The predicted octanol–water partition coefficient (Wildman–Crippen LogP) is 1.91. The molecule has 0 saturated carbocycles. The Morgan fingerprint density at radius 2 is 1.78 bits per heavy atom. The number of likely N-dealkylation sites (tertiary alicyclic amines) is 1. The zero-order valence-electron chi connectivity index (χ0n) is 12.7. The second-order valence-corrected chi connectivity index (χ2v) is 6.87. The van der Waals surface area contributed by atoms with Crippen molar-refractivity contribution in [3.05, 3.63) is 11.1 Å². The highest BCUT2D eigenvalue weighted by Crippen LogP contribution is 2.36. The first-order valence-corrected chi connectivity index (χ1v) is 8.53. The summed E-state index contributed by atoms with van der Waals surface area (Å²) in [7, 11) is 0. The molecule has 0 N–H and O–H groups in total. The monoisotopic (exact) mass is 348 g/mol. The topological polar surface area (TPSA) is 39.7 Å². The Bertz CT molecular complexity index is 548. The Labute approximate surface area is 136 Å². The minimum atomic E-state index is -4.34. The second kappa shape index (κ2) is 6.64. The molecule has 1 amide bonds. The number of nitrogens with zero attached hydrogens (tertiary/aromatic N) is 4. The summed E-state index contributed by atoms with van der Waals surface area (Å²) < 4.78 is 37.9. The summed E-state index contributed by atoms with van der Waals surface area (Å²) in [6.07, 6.45) is -1.17. The number of rotatable bonds is 3. The zero-order valence-corrected chi connectivity index (χ0v) is 13.5. The molecule has 0 atom stereocenters. The first-order chi connectivity index (χ1) is 10.9. The molecule has 2 saturated heterocycles. The number of carbonyl (C=O) groups excluding carboxylic acids is 1. The molecule has 128 valence electrons. The molecule has 0 bridgehead atoms. The Balaban J connectivity index is 1.51. The maximum atomic E-state index is 12.6. The lowest BCUT2D eigenvalue weighted by Crippen LogP contribution is -2.51. The van der Waals surface area contributed by atoms with E-state index in [1.165, 1.54) is 0 Å². The number of carbonyl (C=O) groups is 1. The van der Waals surface area contributed by atoms with Gasteiger partial charge in [-0.2, -0.15) is 13.2 Å². The number of alkyl halides is 3. The van der Waals surface area contributed by atoms with Gasteiger partial charge in [0.2, 0.25) is 5.91 Å². The normalized spacial score (nSPS) is 20.3. The van der Waals surface area contributed by atoms with Gasteiger partial charge in [0.05, 0.1) is 12.7 Å².